The normalized spacial score (nSPS) is 11.8. The third-order valence-corrected chi connectivity index (χ3v) is 3.84. The Balaban J connectivity index is 1.88. The number of aliphatic hydroxyl groups excluding tert-OH is 1. The van der Waals surface area contributed by atoms with E-state index in [1.54, 1.807) is 7.05 Å². The van der Waals surface area contributed by atoms with Crippen molar-refractivity contribution in [3.05, 3.63) is 59.4 Å². The lowest BCUT2D eigenvalue weighted by Crippen LogP contribution is -2.39. The second-order valence-electron chi connectivity index (χ2n) is 5.80. The summed E-state index contributed by atoms with van der Waals surface area (Å²) >= 11 is 0. The van der Waals surface area contributed by atoms with Crippen LogP contribution in [-0.4, -0.2) is 40.7 Å². The molecule has 5 nitrogen and oxygen atoms in total. The van der Waals surface area contributed by atoms with Crippen molar-refractivity contribution in [3.8, 4) is 5.75 Å². The fourth-order valence-electron chi connectivity index (χ4n) is 2.29. The van der Waals surface area contributed by atoms with Crippen molar-refractivity contribution in [2.75, 3.05) is 13.7 Å². The van der Waals surface area contributed by atoms with Crippen molar-refractivity contribution in [2.45, 2.75) is 32.9 Å². The number of hydrogen-bond donors (Lipinski definition) is 1. The van der Waals surface area contributed by atoms with Crippen molar-refractivity contribution >= 4 is 5.91 Å². The Morgan fingerprint density at radius 2 is 2.04 bits per heavy atom. The zero-order valence-electron chi connectivity index (χ0n) is 14.4. The van der Waals surface area contributed by atoms with Gasteiger partial charge >= 0.3 is 0 Å². The van der Waals surface area contributed by atoms with E-state index in [-0.39, 0.29) is 12.5 Å². The van der Waals surface area contributed by atoms with Gasteiger partial charge in [0.05, 0.1) is 12.2 Å². The molecule has 1 atom stereocenters. The summed E-state index contributed by atoms with van der Waals surface area (Å²) in [6.07, 6.45) is 1.53. The molecule has 0 spiro atoms. The summed E-state index contributed by atoms with van der Waals surface area (Å²) in [5.41, 5.74) is 2.90. The fraction of sp³-hybridized carbons (Fsp3) is 0.368. The highest BCUT2D eigenvalue weighted by molar-refractivity contribution is 5.80. The van der Waals surface area contributed by atoms with E-state index >= 15 is 0 Å². The maximum Gasteiger partial charge on any atom is 0.255 e. The molecule has 1 aromatic carbocycles. The second-order valence-corrected chi connectivity index (χ2v) is 5.80. The number of likely N-dealkylation sites (N-methyl/N-ethyl adjacent to an activating group) is 1. The molecular formula is C19H24N2O3. The highest BCUT2D eigenvalue weighted by Gasteiger charge is 2.21. The van der Waals surface area contributed by atoms with Gasteiger partial charge < -0.3 is 14.7 Å². The smallest absolute Gasteiger partial charge is 0.255 e. The minimum absolute atomic E-state index is 0.0732. The number of pyridine rings is 1. The topological polar surface area (TPSA) is 62.7 Å². The SMILES string of the molecule is CCc1ccc(CN(C)C(=O)[C@H](O)COc2ccccc2C)nc1. The van der Waals surface area contributed by atoms with Gasteiger partial charge in [0.25, 0.3) is 5.91 Å². The lowest BCUT2D eigenvalue weighted by atomic mass is 10.2. The third-order valence-electron chi connectivity index (χ3n) is 3.84. The molecule has 1 amide bonds. The van der Waals surface area contributed by atoms with E-state index in [2.05, 4.69) is 11.9 Å². The van der Waals surface area contributed by atoms with Crippen LogP contribution >= 0.6 is 0 Å². The van der Waals surface area contributed by atoms with E-state index in [9.17, 15) is 9.90 Å². The predicted molar refractivity (Wildman–Crippen MR) is 92.8 cm³/mol. The van der Waals surface area contributed by atoms with Crippen LogP contribution < -0.4 is 4.74 Å². The van der Waals surface area contributed by atoms with Gasteiger partial charge in [-0.05, 0) is 36.6 Å². The number of aromatic nitrogens is 1. The number of ether oxygens (including phenoxy) is 1. The predicted octanol–water partition coefficient (Wildman–Crippen LogP) is 2.35. The van der Waals surface area contributed by atoms with Gasteiger partial charge in [0.2, 0.25) is 0 Å². The molecule has 0 aliphatic rings. The highest BCUT2D eigenvalue weighted by Crippen LogP contribution is 2.16. The molecule has 0 aliphatic carbocycles. The van der Waals surface area contributed by atoms with Crippen LogP contribution in [0.25, 0.3) is 0 Å². The Morgan fingerprint density at radius 1 is 1.29 bits per heavy atom. The molecule has 0 radical (unpaired) electrons. The van der Waals surface area contributed by atoms with E-state index in [0.717, 1.165) is 23.2 Å². The summed E-state index contributed by atoms with van der Waals surface area (Å²) in [6, 6.07) is 11.4. The monoisotopic (exact) mass is 328 g/mol. The van der Waals surface area contributed by atoms with Gasteiger partial charge in [0, 0.05) is 13.2 Å². The number of amides is 1. The summed E-state index contributed by atoms with van der Waals surface area (Å²) in [4.78, 5) is 18.0. The van der Waals surface area contributed by atoms with Gasteiger partial charge in [-0.1, -0.05) is 31.2 Å². The van der Waals surface area contributed by atoms with Gasteiger partial charge in [0.1, 0.15) is 12.4 Å². The highest BCUT2D eigenvalue weighted by atomic mass is 16.5. The Labute approximate surface area is 142 Å². The first-order chi connectivity index (χ1) is 11.5. The maximum atomic E-state index is 12.2. The van der Waals surface area contributed by atoms with Crippen molar-refractivity contribution in [2.24, 2.45) is 0 Å². The quantitative estimate of drug-likeness (QED) is 0.847. The first-order valence-corrected chi connectivity index (χ1v) is 8.06. The first-order valence-electron chi connectivity index (χ1n) is 8.06. The molecule has 1 N–H and O–H groups in total. The van der Waals surface area contributed by atoms with Gasteiger partial charge in [-0.3, -0.25) is 9.78 Å². The minimum atomic E-state index is -1.20. The number of carbonyl (C=O) groups is 1. The molecule has 5 heteroatoms. The van der Waals surface area contributed by atoms with Crippen LogP contribution in [0.2, 0.25) is 0 Å². The second kappa shape index (κ2) is 8.45. The van der Waals surface area contributed by atoms with Gasteiger partial charge in [0.15, 0.2) is 6.10 Å². The molecular weight excluding hydrogens is 304 g/mol. The number of nitrogens with zero attached hydrogens (tertiary/aromatic N) is 2. The minimum Gasteiger partial charge on any atom is -0.490 e. The molecule has 2 rings (SSSR count). The van der Waals surface area contributed by atoms with E-state index < -0.39 is 6.10 Å². The summed E-state index contributed by atoms with van der Waals surface area (Å²) < 4.78 is 5.54. The van der Waals surface area contributed by atoms with Crippen molar-refractivity contribution in [1.82, 2.24) is 9.88 Å². The number of hydrogen-bond acceptors (Lipinski definition) is 4. The third kappa shape index (κ3) is 4.80. The largest absolute Gasteiger partial charge is 0.490 e. The van der Waals surface area contributed by atoms with Crippen LogP contribution in [0, 0.1) is 6.92 Å². The lowest BCUT2D eigenvalue weighted by Gasteiger charge is -2.21. The number of carbonyl (C=O) groups excluding carboxylic acids is 1. The van der Waals surface area contributed by atoms with E-state index in [1.165, 1.54) is 4.90 Å². The van der Waals surface area contributed by atoms with Crippen molar-refractivity contribution in [1.29, 1.82) is 0 Å². The number of para-hydroxylation sites is 1. The Bertz CT molecular complexity index is 671. The lowest BCUT2D eigenvalue weighted by molar-refractivity contribution is -0.140. The summed E-state index contributed by atoms with van der Waals surface area (Å²) in [5, 5.41) is 10.1. The van der Waals surface area contributed by atoms with E-state index in [1.807, 2.05) is 49.5 Å². The number of rotatable bonds is 7. The molecule has 0 bridgehead atoms. The van der Waals surface area contributed by atoms with E-state index in [4.69, 9.17) is 4.74 Å². The van der Waals surface area contributed by atoms with Crippen LogP contribution in [0.15, 0.2) is 42.6 Å². The molecule has 128 valence electrons. The van der Waals surface area contributed by atoms with Crippen molar-refractivity contribution in [3.63, 3.8) is 0 Å². The number of benzene rings is 1. The van der Waals surface area contributed by atoms with Crippen LogP contribution in [0.3, 0.4) is 0 Å². The Morgan fingerprint density at radius 3 is 2.67 bits per heavy atom. The summed E-state index contributed by atoms with van der Waals surface area (Å²) in [5.74, 6) is 0.286. The molecule has 24 heavy (non-hydrogen) atoms. The zero-order chi connectivity index (χ0) is 17.5. The van der Waals surface area contributed by atoms with Crippen LogP contribution in [-0.2, 0) is 17.8 Å². The average Bonchev–Trinajstić information content (AvgIpc) is 2.60. The summed E-state index contributed by atoms with van der Waals surface area (Å²) in [6.45, 7) is 4.26. The first kappa shape index (κ1) is 17.9. The number of aliphatic hydroxyl groups is 1. The van der Waals surface area contributed by atoms with Crippen molar-refractivity contribution < 1.29 is 14.6 Å². The van der Waals surface area contributed by atoms with Gasteiger partial charge in [-0.2, -0.15) is 0 Å². The molecule has 0 aliphatic heterocycles. The maximum absolute atomic E-state index is 12.2. The standard InChI is InChI=1S/C19H24N2O3/c1-4-15-9-10-16(20-11-15)12-21(3)19(23)17(22)13-24-18-8-6-5-7-14(18)2/h5-11,17,22H,4,12-13H2,1-3H3/t17-/m1/s1. The fourth-order valence-corrected chi connectivity index (χ4v) is 2.29. The molecule has 0 unspecified atom stereocenters. The molecule has 1 aromatic heterocycles. The van der Waals surface area contributed by atoms with Crippen LogP contribution in [0.4, 0.5) is 0 Å². The zero-order valence-corrected chi connectivity index (χ0v) is 14.4. The number of aryl methyl sites for hydroxylation is 2. The molecule has 0 saturated carbocycles. The Hall–Kier alpha value is -2.40. The molecule has 2 aromatic rings. The van der Waals surface area contributed by atoms with Gasteiger partial charge in [-0.25, -0.2) is 0 Å². The molecule has 1 heterocycles. The Kier molecular flexibility index (Phi) is 6.32. The van der Waals surface area contributed by atoms with Crippen LogP contribution in [0.1, 0.15) is 23.7 Å². The summed E-state index contributed by atoms with van der Waals surface area (Å²) in [7, 11) is 1.65. The van der Waals surface area contributed by atoms with E-state index in [0.29, 0.717) is 12.3 Å². The molecule has 0 saturated heterocycles. The van der Waals surface area contributed by atoms with Crippen LogP contribution in [0.5, 0.6) is 5.75 Å². The molecule has 0 fully saturated rings. The van der Waals surface area contributed by atoms with Gasteiger partial charge in [-0.15, -0.1) is 0 Å². The average molecular weight is 328 g/mol.